The van der Waals surface area contributed by atoms with Crippen LogP contribution in [0.2, 0.25) is 0 Å². The molecule has 4 bridgehead atoms. The second kappa shape index (κ2) is 6.73. The van der Waals surface area contributed by atoms with Crippen LogP contribution in [0.5, 0.6) is 5.75 Å². The molecule has 0 heterocycles. The molecule has 1 aromatic carbocycles. The maximum absolute atomic E-state index is 10.5. The molecular weight excluding hydrogens is 304 g/mol. The van der Waals surface area contributed by atoms with Crippen LogP contribution in [0.4, 0.5) is 0 Å². The van der Waals surface area contributed by atoms with Gasteiger partial charge in [-0.05, 0) is 74.0 Å². The van der Waals surface area contributed by atoms with Crippen molar-refractivity contribution in [2.75, 3.05) is 0 Å². The molecule has 22 heavy (non-hydrogen) atoms. The molecular formula is C17H21NNaO2P. The zero-order valence-corrected chi connectivity index (χ0v) is 16.0. The molecule has 0 unspecified atom stereocenters. The van der Waals surface area contributed by atoms with E-state index in [9.17, 15) is 4.57 Å². The standard InChI is InChI=1S/C17H20NO2P.Na.H/c19-21-20-16-3-1-2-12(7-16)11-18-17-8-13-4-14(9-17)6-15(5-13)10-17;;/h1-3,7,11,13-15H,4-6,8-10H2;;/q;+1;-1. The molecule has 0 N–H and O–H groups in total. The van der Waals surface area contributed by atoms with Crippen LogP contribution < -0.4 is 34.1 Å². The van der Waals surface area contributed by atoms with E-state index in [2.05, 4.69) is 0 Å². The Kier molecular flexibility index (Phi) is 5.09. The van der Waals surface area contributed by atoms with Gasteiger partial charge in [-0.1, -0.05) is 12.1 Å². The number of benzene rings is 1. The van der Waals surface area contributed by atoms with E-state index < -0.39 is 0 Å². The molecule has 4 aliphatic rings. The molecule has 0 radical (unpaired) electrons. The molecule has 0 aliphatic heterocycles. The van der Waals surface area contributed by atoms with Crippen molar-refractivity contribution in [2.24, 2.45) is 22.7 Å². The number of hydrogen-bond donors (Lipinski definition) is 0. The van der Waals surface area contributed by atoms with Gasteiger partial charge >= 0.3 is 38.2 Å². The van der Waals surface area contributed by atoms with Gasteiger partial charge in [-0.25, -0.2) is 4.57 Å². The zero-order chi connectivity index (χ0) is 14.3. The van der Waals surface area contributed by atoms with E-state index >= 15 is 0 Å². The van der Waals surface area contributed by atoms with Gasteiger partial charge in [-0.3, -0.25) is 4.99 Å². The van der Waals surface area contributed by atoms with Crippen LogP contribution in [-0.2, 0) is 4.57 Å². The van der Waals surface area contributed by atoms with Crippen molar-refractivity contribution in [3.05, 3.63) is 29.8 Å². The van der Waals surface area contributed by atoms with Crippen LogP contribution in [0.15, 0.2) is 29.3 Å². The minimum atomic E-state index is -0.310. The number of nitrogens with zero attached hydrogens (tertiary/aromatic N) is 1. The number of hydrogen-bond acceptors (Lipinski definition) is 3. The first-order valence-electron chi connectivity index (χ1n) is 7.90. The van der Waals surface area contributed by atoms with Crippen LogP contribution >= 0.6 is 8.69 Å². The fourth-order valence-corrected chi connectivity index (χ4v) is 5.33. The third-order valence-corrected chi connectivity index (χ3v) is 5.78. The normalized spacial score (nSPS) is 35.7. The quantitative estimate of drug-likeness (QED) is 0.481. The van der Waals surface area contributed by atoms with E-state index in [1.54, 1.807) is 0 Å². The predicted octanol–water partition coefficient (Wildman–Crippen LogP) is 1.78. The van der Waals surface area contributed by atoms with Gasteiger partial charge in [-0.15, -0.1) is 0 Å². The fourth-order valence-electron chi connectivity index (χ4n) is 5.13. The average Bonchev–Trinajstić information content (AvgIpc) is 2.45. The minimum absolute atomic E-state index is 0. The molecule has 4 saturated carbocycles. The molecule has 1 aromatic rings. The first-order valence-corrected chi connectivity index (χ1v) is 8.63. The van der Waals surface area contributed by atoms with Crippen molar-refractivity contribution < 1.29 is 40.1 Å². The van der Waals surface area contributed by atoms with Crippen LogP contribution in [0.1, 0.15) is 45.5 Å². The third-order valence-electron chi connectivity index (χ3n) is 5.49. The van der Waals surface area contributed by atoms with Gasteiger partial charge in [0.05, 0.1) is 5.54 Å². The van der Waals surface area contributed by atoms with Crippen molar-refractivity contribution >= 4 is 14.9 Å². The Morgan fingerprint density at radius 1 is 1.18 bits per heavy atom. The van der Waals surface area contributed by atoms with Gasteiger partial charge in [0.1, 0.15) is 5.75 Å². The van der Waals surface area contributed by atoms with Gasteiger partial charge in [0, 0.05) is 6.21 Å². The molecule has 4 fully saturated rings. The summed E-state index contributed by atoms with van der Waals surface area (Å²) in [4.78, 5) is 5.03. The van der Waals surface area contributed by atoms with Crippen LogP contribution in [0, 0.1) is 17.8 Å². The van der Waals surface area contributed by atoms with Gasteiger partial charge < -0.3 is 5.95 Å². The molecule has 112 valence electrons. The summed E-state index contributed by atoms with van der Waals surface area (Å²) in [6.07, 6.45) is 10.2. The van der Waals surface area contributed by atoms with Gasteiger partial charge in [0.25, 0.3) is 0 Å². The van der Waals surface area contributed by atoms with E-state index in [-0.39, 0.29) is 45.2 Å². The summed E-state index contributed by atoms with van der Waals surface area (Å²) >= 11 is 0. The molecule has 0 aromatic heterocycles. The Labute approximate surface area is 157 Å². The van der Waals surface area contributed by atoms with Gasteiger partial charge in [0.2, 0.25) is 0 Å². The topological polar surface area (TPSA) is 38.7 Å². The first kappa shape index (κ1) is 16.6. The Balaban J connectivity index is 0.000000960. The maximum atomic E-state index is 10.5. The summed E-state index contributed by atoms with van der Waals surface area (Å²) in [6, 6.07) is 7.65. The van der Waals surface area contributed by atoms with Crippen molar-refractivity contribution in [1.82, 2.24) is 0 Å². The second-order valence-electron chi connectivity index (χ2n) is 7.14. The summed E-state index contributed by atoms with van der Waals surface area (Å²) in [5.41, 5.74) is 1.24. The number of aliphatic imine (C=N–C) groups is 1. The molecule has 0 amide bonds. The summed E-state index contributed by atoms with van der Waals surface area (Å²) in [5.74, 6) is 3.38. The molecule has 3 nitrogen and oxygen atoms in total. The Morgan fingerprint density at radius 3 is 2.41 bits per heavy atom. The molecule has 5 heteroatoms. The Morgan fingerprint density at radius 2 is 1.82 bits per heavy atom. The molecule has 5 rings (SSSR count). The van der Waals surface area contributed by atoms with Crippen molar-refractivity contribution in [3.8, 4) is 5.75 Å². The summed E-state index contributed by atoms with van der Waals surface area (Å²) in [7, 11) is -0.310. The van der Waals surface area contributed by atoms with E-state index in [1.165, 1.54) is 38.5 Å². The smallest absolute Gasteiger partial charge is 1.00 e. The molecule has 4 aliphatic carbocycles. The Bertz CT molecular complexity index is 560. The summed E-state index contributed by atoms with van der Waals surface area (Å²) < 4.78 is 15.5. The first-order chi connectivity index (χ1) is 10.2. The summed E-state index contributed by atoms with van der Waals surface area (Å²) in [5, 5.41) is 0. The maximum Gasteiger partial charge on any atom is 1.00 e. The zero-order valence-electron chi connectivity index (χ0n) is 14.1. The van der Waals surface area contributed by atoms with Crippen LogP contribution in [-0.4, -0.2) is 11.8 Å². The fraction of sp³-hybridized carbons (Fsp3) is 0.588. The minimum Gasteiger partial charge on any atom is -1.00 e. The monoisotopic (exact) mass is 325 g/mol. The van der Waals surface area contributed by atoms with Crippen LogP contribution in [0.3, 0.4) is 0 Å². The SMILES string of the molecule is O=POc1cccc(C=NC23CC4CC(CC(C4)C2)C3)c1.[H-].[Na+]. The van der Waals surface area contributed by atoms with E-state index in [4.69, 9.17) is 9.52 Å². The van der Waals surface area contributed by atoms with Crippen molar-refractivity contribution in [1.29, 1.82) is 0 Å². The average molecular weight is 325 g/mol. The van der Waals surface area contributed by atoms with Gasteiger partial charge in [0.15, 0.2) is 0 Å². The van der Waals surface area contributed by atoms with Crippen LogP contribution in [0.25, 0.3) is 0 Å². The summed E-state index contributed by atoms with van der Waals surface area (Å²) in [6.45, 7) is 0. The second-order valence-corrected chi connectivity index (χ2v) is 7.47. The Hall–Kier alpha value is -0.210. The molecule has 0 spiro atoms. The number of rotatable bonds is 4. The van der Waals surface area contributed by atoms with E-state index in [0.29, 0.717) is 5.75 Å². The molecule has 0 saturated heterocycles. The van der Waals surface area contributed by atoms with Crippen molar-refractivity contribution in [3.63, 3.8) is 0 Å². The molecule has 0 atom stereocenters. The largest absolute Gasteiger partial charge is 1.00 e. The van der Waals surface area contributed by atoms with E-state index in [1.807, 2.05) is 30.5 Å². The third kappa shape index (κ3) is 3.33. The van der Waals surface area contributed by atoms with E-state index in [0.717, 1.165) is 23.3 Å². The predicted molar refractivity (Wildman–Crippen MR) is 84.3 cm³/mol. The van der Waals surface area contributed by atoms with Gasteiger partial charge in [-0.2, -0.15) is 0 Å². The van der Waals surface area contributed by atoms with Crippen molar-refractivity contribution in [2.45, 2.75) is 44.1 Å².